The van der Waals surface area contributed by atoms with Gasteiger partial charge in [0.25, 0.3) is 10.0 Å². The van der Waals surface area contributed by atoms with Gasteiger partial charge in [-0.1, -0.05) is 11.3 Å². The van der Waals surface area contributed by atoms with E-state index in [9.17, 15) is 18.0 Å². The third-order valence-electron chi connectivity index (χ3n) is 2.12. The van der Waals surface area contributed by atoms with Gasteiger partial charge in [0.1, 0.15) is 11.6 Å². The van der Waals surface area contributed by atoms with E-state index in [1.165, 1.54) is 13.8 Å². The molecule has 1 atom stereocenters. The zero-order valence-electron chi connectivity index (χ0n) is 11.9. The quantitative estimate of drug-likeness (QED) is 0.796. The second kappa shape index (κ2) is 5.66. The zero-order chi connectivity index (χ0) is 15.7. The number of esters is 1. The Balaban J connectivity index is 2.89. The molecule has 7 nitrogen and oxygen atoms in total. The molecule has 0 aliphatic carbocycles. The van der Waals surface area contributed by atoms with Crippen LogP contribution in [0.3, 0.4) is 0 Å². The summed E-state index contributed by atoms with van der Waals surface area (Å²) in [4.78, 5) is 24.8. The van der Waals surface area contributed by atoms with Crippen molar-refractivity contribution in [3.8, 4) is 0 Å². The van der Waals surface area contributed by atoms with Crippen molar-refractivity contribution in [2.75, 3.05) is 0 Å². The van der Waals surface area contributed by atoms with Crippen molar-refractivity contribution in [3.63, 3.8) is 0 Å². The molecule has 114 valence electrons. The molecule has 1 aromatic rings. The summed E-state index contributed by atoms with van der Waals surface area (Å²) in [5, 5.41) is 0. The third kappa shape index (κ3) is 4.43. The van der Waals surface area contributed by atoms with Crippen molar-refractivity contribution in [1.82, 2.24) is 9.71 Å². The molecule has 0 aromatic carbocycles. The van der Waals surface area contributed by atoms with Crippen molar-refractivity contribution in [3.05, 3.63) is 15.4 Å². The second-order valence-electron chi connectivity index (χ2n) is 5.30. The smallest absolute Gasteiger partial charge is 0.324 e. The largest absolute Gasteiger partial charge is 0.459 e. The Bertz CT molecular complexity index is 651. The molecule has 1 heterocycles. The Morgan fingerprint density at radius 1 is 1.40 bits per heavy atom. The number of aromatic nitrogens is 1. The molecule has 0 aliphatic rings. The van der Waals surface area contributed by atoms with Gasteiger partial charge in [0.2, 0.25) is 0 Å². The summed E-state index contributed by atoms with van der Waals surface area (Å²) in [7, 11) is -3.93. The lowest BCUT2D eigenvalue weighted by Gasteiger charge is -2.22. The van der Waals surface area contributed by atoms with Crippen LogP contribution in [0.25, 0.3) is 0 Å². The van der Waals surface area contributed by atoms with Crippen LogP contribution in [0, 0.1) is 6.92 Å². The van der Waals surface area contributed by atoms with E-state index in [0.29, 0.717) is 11.3 Å². The minimum atomic E-state index is -3.93. The highest BCUT2D eigenvalue weighted by atomic mass is 32.2. The van der Waals surface area contributed by atoms with Gasteiger partial charge in [0.05, 0.1) is 0 Å². The van der Waals surface area contributed by atoms with E-state index in [-0.39, 0.29) is 9.90 Å². The number of H-pyrrole nitrogens is 1. The normalized spacial score (nSPS) is 14.1. The summed E-state index contributed by atoms with van der Waals surface area (Å²) in [6, 6.07) is -1.05. The number of rotatable bonds is 4. The number of aryl methyl sites for hydroxylation is 1. The number of hydrogen-bond acceptors (Lipinski definition) is 6. The van der Waals surface area contributed by atoms with Crippen LogP contribution < -0.4 is 9.60 Å². The van der Waals surface area contributed by atoms with Gasteiger partial charge >= 0.3 is 10.8 Å². The van der Waals surface area contributed by atoms with Gasteiger partial charge < -0.3 is 9.72 Å². The molecule has 9 heteroatoms. The lowest BCUT2D eigenvalue weighted by molar-refractivity contribution is -0.156. The van der Waals surface area contributed by atoms with Gasteiger partial charge in [-0.3, -0.25) is 9.59 Å². The number of ether oxygens (including phenoxy) is 1. The summed E-state index contributed by atoms with van der Waals surface area (Å²) in [6.07, 6.45) is 0. The highest BCUT2D eigenvalue weighted by molar-refractivity contribution is 7.91. The predicted octanol–water partition coefficient (Wildman–Crippen LogP) is 0.753. The number of nitrogens with one attached hydrogen (secondary N) is 2. The molecular formula is C11H18N2O5S2. The molecule has 0 aliphatic heterocycles. The SMILES string of the molecule is Cc1[nH]c(=O)sc1S(=O)(=O)N[C@@H](C)C(=O)OC(C)(C)C. The van der Waals surface area contributed by atoms with Gasteiger partial charge in [0, 0.05) is 5.69 Å². The molecule has 0 fully saturated rings. The minimum Gasteiger partial charge on any atom is -0.459 e. The van der Waals surface area contributed by atoms with Crippen LogP contribution in [0.2, 0.25) is 0 Å². The van der Waals surface area contributed by atoms with E-state index in [1.54, 1.807) is 20.8 Å². The number of sulfonamides is 1. The van der Waals surface area contributed by atoms with Crippen LogP contribution in [0.1, 0.15) is 33.4 Å². The minimum absolute atomic E-state index is 0.127. The van der Waals surface area contributed by atoms with Crippen LogP contribution in [0.4, 0.5) is 0 Å². The molecule has 0 saturated heterocycles. The number of carbonyl (C=O) groups excluding carboxylic acids is 1. The first-order valence-electron chi connectivity index (χ1n) is 5.87. The number of hydrogen-bond donors (Lipinski definition) is 2. The van der Waals surface area contributed by atoms with E-state index in [0.717, 1.165) is 0 Å². The van der Waals surface area contributed by atoms with E-state index < -0.39 is 32.5 Å². The van der Waals surface area contributed by atoms with Crippen LogP contribution in [0.5, 0.6) is 0 Å². The molecule has 1 rings (SSSR count). The highest BCUT2D eigenvalue weighted by Crippen LogP contribution is 2.16. The number of aromatic amines is 1. The topological polar surface area (TPSA) is 105 Å². The van der Waals surface area contributed by atoms with Crippen molar-refractivity contribution < 1.29 is 17.9 Å². The fourth-order valence-corrected chi connectivity index (χ4v) is 3.88. The van der Waals surface area contributed by atoms with Crippen LogP contribution in [-0.4, -0.2) is 31.0 Å². The summed E-state index contributed by atoms with van der Waals surface area (Å²) in [5.41, 5.74) is -0.463. The van der Waals surface area contributed by atoms with Gasteiger partial charge in [0.15, 0.2) is 4.21 Å². The molecule has 0 unspecified atom stereocenters. The number of carbonyl (C=O) groups is 1. The average molecular weight is 322 g/mol. The van der Waals surface area contributed by atoms with Crippen molar-refractivity contribution in [1.29, 1.82) is 0 Å². The van der Waals surface area contributed by atoms with Crippen molar-refractivity contribution in [2.45, 2.75) is 50.5 Å². The summed E-state index contributed by atoms with van der Waals surface area (Å²) >= 11 is 0.574. The summed E-state index contributed by atoms with van der Waals surface area (Å²) < 4.78 is 31.3. The molecule has 2 N–H and O–H groups in total. The molecule has 0 bridgehead atoms. The van der Waals surface area contributed by atoms with Crippen LogP contribution in [-0.2, 0) is 19.6 Å². The van der Waals surface area contributed by atoms with Gasteiger partial charge in [-0.05, 0) is 34.6 Å². The van der Waals surface area contributed by atoms with E-state index in [1.807, 2.05) is 0 Å². The molecule has 0 saturated carbocycles. The maximum absolute atomic E-state index is 12.1. The van der Waals surface area contributed by atoms with Crippen LogP contribution in [0.15, 0.2) is 9.00 Å². The van der Waals surface area contributed by atoms with Gasteiger partial charge in [-0.2, -0.15) is 4.72 Å². The van der Waals surface area contributed by atoms with Gasteiger partial charge in [-0.15, -0.1) is 0 Å². The Morgan fingerprint density at radius 3 is 2.35 bits per heavy atom. The second-order valence-corrected chi connectivity index (χ2v) is 8.20. The van der Waals surface area contributed by atoms with Crippen molar-refractivity contribution in [2.24, 2.45) is 0 Å². The first kappa shape index (κ1) is 16.9. The fourth-order valence-electron chi connectivity index (χ4n) is 1.37. The molecule has 1 aromatic heterocycles. The molecule has 0 radical (unpaired) electrons. The summed E-state index contributed by atoms with van der Waals surface area (Å²) in [6.45, 7) is 7.93. The third-order valence-corrected chi connectivity index (χ3v) is 5.26. The Hall–Kier alpha value is -1.19. The monoisotopic (exact) mass is 322 g/mol. The highest BCUT2D eigenvalue weighted by Gasteiger charge is 2.28. The maximum Gasteiger partial charge on any atom is 0.324 e. The average Bonchev–Trinajstić information content (AvgIpc) is 2.55. The fraction of sp³-hybridized carbons (Fsp3) is 0.636. The van der Waals surface area contributed by atoms with Crippen molar-refractivity contribution >= 4 is 27.3 Å². The molecule has 0 amide bonds. The Labute approximate surface area is 121 Å². The van der Waals surface area contributed by atoms with E-state index in [4.69, 9.17) is 4.74 Å². The van der Waals surface area contributed by atoms with E-state index >= 15 is 0 Å². The first-order chi connectivity index (χ1) is 8.92. The molecule has 20 heavy (non-hydrogen) atoms. The lowest BCUT2D eigenvalue weighted by Crippen LogP contribution is -2.42. The Kier molecular flexibility index (Phi) is 4.78. The molecule has 0 spiro atoms. The zero-order valence-corrected chi connectivity index (χ0v) is 13.6. The Morgan fingerprint density at radius 2 is 1.95 bits per heavy atom. The van der Waals surface area contributed by atoms with Gasteiger partial charge in [-0.25, -0.2) is 8.42 Å². The maximum atomic E-state index is 12.1. The van der Waals surface area contributed by atoms with E-state index in [2.05, 4.69) is 9.71 Å². The first-order valence-corrected chi connectivity index (χ1v) is 8.17. The standard InChI is InChI=1S/C11H18N2O5S2/c1-6(8(14)18-11(3,4)5)13-20(16,17)9-7(2)12-10(15)19-9/h6,13H,1-5H3,(H,12,15)/t6-/m0/s1. The number of thiazole rings is 1. The summed E-state index contributed by atoms with van der Waals surface area (Å²) in [5.74, 6) is -0.679. The predicted molar refractivity (Wildman–Crippen MR) is 75.3 cm³/mol. The molecular weight excluding hydrogens is 304 g/mol. The van der Waals surface area contributed by atoms with Crippen LogP contribution >= 0.6 is 11.3 Å². The lowest BCUT2D eigenvalue weighted by atomic mass is 10.2.